The van der Waals surface area contributed by atoms with E-state index in [9.17, 15) is 19.5 Å². The second-order valence-electron chi connectivity index (χ2n) is 9.47. The maximum atomic E-state index is 12.9. The molecular weight excluding hydrogens is 432 g/mol. The Morgan fingerprint density at radius 1 is 1.06 bits per heavy atom. The third kappa shape index (κ3) is 4.93. The van der Waals surface area contributed by atoms with Gasteiger partial charge in [0.15, 0.2) is 0 Å². The molecule has 2 aromatic carbocycles. The first-order valence-corrected chi connectivity index (χ1v) is 12.0. The Kier molecular flexibility index (Phi) is 7.20. The summed E-state index contributed by atoms with van der Waals surface area (Å²) in [6.07, 6.45) is 1.18. The third-order valence-corrected chi connectivity index (χ3v) is 7.00. The Balaban J connectivity index is 1.27. The average Bonchev–Trinajstić information content (AvgIpc) is 3.15. The first-order valence-electron chi connectivity index (χ1n) is 12.0. The van der Waals surface area contributed by atoms with Crippen LogP contribution in [0.2, 0.25) is 0 Å². The Bertz CT molecular complexity index is 1020. The highest BCUT2D eigenvalue weighted by atomic mass is 16.5. The highest BCUT2D eigenvalue weighted by molar-refractivity contribution is 5.85. The normalized spacial score (nSPS) is 20.2. The van der Waals surface area contributed by atoms with Crippen molar-refractivity contribution in [3.05, 3.63) is 59.7 Å². The maximum Gasteiger partial charge on any atom is 0.407 e. The molecule has 0 aromatic heterocycles. The van der Waals surface area contributed by atoms with E-state index in [0.29, 0.717) is 19.4 Å². The van der Waals surface area contributed by atoms with Crippen molar-refractivity contribution in [3.63, 3.8) is 0 Å². The second kappa shape index (κ2) is 10.3. The van der Waals surface area contributed by atoms with E-state index >= 15 is 0 Å². The number of hydrogen-bond acceptors (Lipinski definition) is 4. The Labute approximate surface area is 200 Å². The molecule has 2 aliphatic rings. The minimum atomic E-state index is -0.954. The second-order valence-corrected chi connectivity index (χ2v) is 9.47. The summed E-state index contributed by atoms with van der Waals surface area (Å²) in [5.74, 6) is -1.24. The standard InChI is InChI=1S/C27H32N2O5/c1-17-11-12-24(26(31)32)29(15-17)25(30)18(2)13-14-28-27(33)34-16-23-21-9-5-3-7-19(21)20-8-4-6-10-22(20)23/h3-10,17-18,23-24H,11-16H2,1-2H3,(H,28,33)(H,31,32). The van der Waals surface area contributed by atoms with Gasteiger partial charge in [0.25, 0.3) is 0 Å². The summed E-state index contributed by atoms with van der Waals surface area (Å²) >= 11 is 0. The predicted octanol–water partition coefficient (Wildman–Crippen LogP) is 4.26. The average molecular weight is 465 g/mol. The number of carboxylic acid groups (broad SMARTS) is 1. The van der Waals surface area contributed by atoms with E-state index in [-0.39, 0.29) is 36.8 Å². The van der Waals surface area contributed by atoms with Gasteiger partial charge in [-0.2, -0.15) is 0 Å². The van der Waals surface area contributed by atoms with Crippen LogP contribution >= 0.6 is 0 Å². The quantitative estimate of drug-likeness (QED) is 0.638. The number of nitrogens with zero attached hydrogens (tertiary/aromatic N) is 1. The summed E-state index contributed by atoms with van der Waals surface area (Å²) in [5.41, 5.74) is 4.65. The minimum Gasteiger partial charge on any atom is -0.480 e. The lowest BCUT2D eigenvalue weighted by atomic mass is 9.92. The molecule has 0 radical (unpaired) electrons. The topological polar surface area (TPSA) is 95.9 Å². The number of amides is 2. The summed E-state index contributed by atoms with van der Waals surface area (Å²) in [6, 6.07) is 15.6. The summed E-state index contributed by atoms with van der Waals surface area (Å²) in [4.78, 5) is 38.3. The van der Waals surface area contributed by atoms with Crippen LogP contribution in [0.5, 0.6) is 0 Å². The number of hydrogen-bond donors (Lipinski definition) is 2. The molecular formula is C27H32N2O5. The van der Waals surface area contributed by atoms with Gasteiger partial charge in [0.1, 0.15) is 12.6 Å². The molecule has 2 N–H and O–H groups in total. The van der Waals surface area contributed by atoms with Crippen molar-refractivity contribution >= 4 is 18.0 Å². The number of ether oxygens (including phenoxy) is 1. The molecule has 0 saturated carbocycles. The molecule has 1 heterocycles. The number of alkyl carbamates (subject to hydrolysis) is 1. The lowest BCUT2D eigenvalue weighted by Crippen LogP contribution is -2.52. The zero-order valence-corrected chi connectivity index (χ0v) is 19.7. The van der Waals surface area contributed by atoms with E-state index in [0.717, 1.165) is 17.5 Å². The number of fused-ring (bicyclic) bond motifs is 3. The Morgan fingerprint density at radius 2 is 1.68 bits per heavy atom. The van der Waals surface area contributed by atoms with Crippen molar-refractivity contribution in [2.75, 3.05) is 19.7 Å². The number of carboxylic acids is 1. The molecule has 2 aromatic rings. The summed E-state index contributed by atoms with van der Waals surface area (Å²) < 4.78 is 5.54. The molecule has 3 unspecified atom stereocenters. The van der Waals surface area contributed by atoms with Gasteiger partial charge in [0.05, 0.1) is 0 Å². The number of carbonyl (C=O) groups excluding carboxylic acids is 2. The molecule has 3 atom stereocenters. The van der Waals surface area contributed by atoms with E-state index in [1.807, 2.05) is 31.2 Å². The van der Waals surface area contributed by atoms with Crippen LogP contribution in [0.25, 0.3) is 11.1 Å². The molecule has 2 amide bonds. The smallest absolute Gasteiger partial charge is 0.407 e. The van der Waals surface area contributed by atoms with Crippen LogP contribution in [0, 0.1) is 11.8 Å². The lowest BCUT2D eigenvalue weighted by Gasteiger charge is -2.37. The first-order chi connectivity index (χ1) is 16.4. The van der Waals surface area contributed by atoms with Gasteiger partial charge in [-0.3, -0.25) is 4.79 Å². The predicted molar refractivity (Wildman–Crippen MR) is 128 cm³/mol. The SMILES string of the molecule is CC1CCC(C(=O)O)N(C(=O)C(C)CCNC(=O)OCC2c3ccccc3-c3ccccc32)C1. The Morgan fingerprint density at radius 3 is 2.29 bits per heavy atom. The molecule has 1 aliphatic carbocycles. The van der Waals surface area contributed by atoms with Crippen LogP contribution < -0.4 is 5.32 Å². The van der Waals surface area contributed by atoms with Gasteiger partial charge in [-0.1, -0.05) is 62.4 Å². The molecule has 180 valence electrons. The molecule has 7 heteroatoms. The van der Waals surface area contributed by atoms with E-state index in [1.165, 1.54) is 16.0 Å². The fraction of sp³-hybridized carbons (Fsp3) is 0.444. The van der Waals surface area contributed by atoms with Gasteiger partial charge < -0.3 is 20.1 Å². The van der Waals surface area contributed by atoms with Gasteiger partial charge >= 0.3 is 12.1 Å². The number of nitrogens with one attached hydrogen (secondary N) is 1. The lowest BCUT2D eigenvalue weighted by molar-refractivity contribution is -0.154. The zero-order valence-electron chi connectivity index (χ0n) is 19.7. The third-order valence-electron chi connectivity index (χ3n) is 7.00. The van der Waals surface area contributed by atoms with E-state index in [1.54, 1.807) is 6.92 Å². The number of aliphatic carboxylic acids is 1. The minimum absolute atomic E-state index is 0.00676. The fourth-order valence-electron chi connectivity index (χ4n) is 5.10. The highest BCUT2D eigenvalue weighted by Crippen LogP contribution is 2.44. The van der Waals surface area contributed by atoms with Crippen molar-refractivity contribution in [1.82, 2.24) is 10.2 Å². The van der Waals surface area contributed by atoms with Crippen LogP contribution in [0.15, 0.2) is 48.5 Å². The van der Waals surface area contributed by atoms with Crippen molar-refractivity contribution in [2.24, 2.45) is 11.8 Å². The number of likely N-dealkylation sites (tertiary alicyclic amines) is 1. The number of piperidine rings is 1. The molecule has 34 heavy (non-hydrogen) atoms. The first kappa shape index (κ1) is 23.8. The summed E-state index contributed by atoms with van der Waals surface area (Å²) in [7, 11) is 0. The number of benzene rings is 2. The molecule has 0 bridgehead atoms. The maximum absolute atomic E-state index is 12.9. The van der Waals surface area contributed by atoms with Gasteiger partial charge in [-0.15, -0.1) is 0 Å². The van der Waals surface area contributed by atoms with Crippen molar-refractivity contribution in [3.8, 4) is 11.1 Å². The van der Waals surface area contributed by atoms with Gasteiger partial charge in [-0.25, -0.2) is 9.59 Å². The largest absolute Gasteiger partial charge is 0.480 e. The Hall–Kier alpha value is -3.35. The summed E-state index contributed by atoms with van der Waals surface area (Å²) in [5, 5.41) is 12.2. The van der Waals surface area contributed by atoms with Crippen LogP contribution in [0.4, 0.5) is 4.79 Å². The monoisotopic (exact) mass is 464 g/mol. The van der Waals surface area contributed by atoms with Crippen molar-refractivity contribution in [1.29, 1.82) is 0 Å². The summed E-state index contributed by atoms with van der Waals surface area (Å²) in [6.45, 7) is 4.78. The van der Waals surface area contributed by atoms with Crippen molar-refractivity contribution in [2.45, 2.75) is 45.1 Å². The fourth-order valence-corrected chi connectivity index (χ4v) is 5.10. The van der Waals surface area contributed by atoms with Crippen LogP contribution in [0.1, 0.15) is 50.2 Å². The van der Waals surface area contributed by atoms with E-state index in [2.05, 4.69) is 29.6 Å². The molecule has 4 rings (SSSR count). The van der Waals surface area contributed by atoms with Crippen LogP contribution in [-0.2, 0) is 14.3 Å². The van der Waals surface area contributed by atoms with Crippen LogP contribution in [-0.4, -0.2) is 53.7 Å². The highest BCUT2D eigenvalue weighted by Gasteiger charge is 2.36. The van der Waals surface area contributed by atoms with Gasteiger partial charge in [-0.05, 0) is 47.4 Å². The molecule has 0 spiro atoms. The molecule has 1 saturated heterocycles. The molecule has 1 aliphatic heterocycles. The van der Waals surface area contributed by atoms with Gasteiger partial charge in [0.2, 0.25) is 5.91 Å². The molecule has 7 nitrogen and oxygen atoms in total. The number of rotatable bonds is 7. The number of carbonyl (C=O) groups is 3. The van der Waals surface area contributed by atoms with Crippen LogP contribution in [0.3, 0.4) is 0 Å². The van der Waals surface area contributed by atoms with E-state index in [4.69, 9.17) is 4.74 Å². The zero-order chi connectivity index (χ0) is 24.2. The molecule has 1 fully saturated rings. The van der Waals surface area contributed by atoms with Crippen molar-refractivity contribution < 1.29 is 24.2 Å². The van der Waals surface area contributed by atoms with E-state index < -0.39 is 18.1 Å². The van der Waals surface area contributed by atoms with Gasteiger partial charge in [0, 0.05) is 24.9 Å².